The quantitative estimate of drug-likeness (QED) is 0.305. The van der Waals surface area contributed by atoms with E-state index in [0.29, 0.717) is 49.2 Å². The Labute approximate surface area is 235 Å². The number of hydrogen-bond acceptors (Lipinski definition) is 6. The van der Waals surface area contributed by atoms with Crippen LogP contribution in [0.2, 0.25) is 5.02 Å². The second-order valence-corrected chi connectivity index (χ2v) is 10.7. The highest BCUT2D eigenvalue weighted by atomic mass is 35.5. The van der Waals surface area contributed by atoms with Gasteiger partial charge in [-0.3, -0.25) is 9.59 Å². The second kappa shape index (κ2) is 12.4. The van der Waals surface area contributed by atoms with Crippen molar-refractivity contribution >= 4 is 23.2 Å². The molecule has 0 saturated heterocycles. The average molecular weight is 550 g/mol. The fourth-order valence-corrected chi connectivity index (χ4v) is 6.15. The lowest BCUT2D eigenvalue weighted by atomic mass is 9.71. The van der Waals surface area contributed by atoms with Crippen LogP contribution in [0.15, 0.2) is 65.0 Å². The van der Waals surface area contributed by atoms with Crippen molar-refractivity contribution in [2.75, 3.05) is 26.9 Å². The SMILES string of the molecule is CCOc1cc(C2C3=C(CCCC3=O)N(CCCOC)C3=C2C(=O)CCC3)ccc1OCc1ccc(Cl)cc1. The molecular weight excluding hydrogens is 514 g/mol. The van der Waals surface area contributed by atoms with E-state index in [0.717, 1.165) is 72.3 Å². The van der Waals surface area contributed by atoms with Crippen LogP contribution in [-0.4, -0.2) is 43.3 Å². The minimum atomic E-state index is -0.376. The van der Waals surface area contributed by atoms with Crippen molar-refractivity contribution in [1.29, 1.82) is 0 Å². The highest BCUT2D eigenvalue weighted by molar-refractivity contribution is 6.30. The number of ketones is 2. The molecule has 206 valence electrons. The molecule has 0 aromatic heterocycles. The van der Waals surface area contributed by atoms with Gasteiger partial charge in [0.25, 0.3) is 0 Å². The van der Waals surface area contributed by atoms with E-state index in [2.05, 4.69) is 4.90 Å². The van der Waals surface area contributed by atoms with E-state index >= 15 is 0 Å². The van der Waals surface area contributed by atoms with Crippen LogP contribution in [-0.2, 0) is 20.9 Å². The third-order valence-electron chi connectivity index (χ3n) is 7.73. The number of carbonyl (C=O) groups is 2. The van der Waals surface area contributed by atoms with Gasteiger partial charge in [0.2, 0.25) is 0 Å². The molecule has 0 N–H and O–H groups in total. The number of carbonyl (C=O) groups excluding carboxylic acids is 2. The first-order chi connectivity index (χ1) is 19.0. The van der Waals surface area contributed by atoms with Crippen molar-refractivity contribution in [3.05, 3.63) is 81.2 Å². The number of ether oxygens (including phenoxy) is 3. The Morgan fingerprint density at radius 3 is 2.15 bits per heavy atom. The maximum Gasteiger partial charge on any atom is 0.161 e. The van der Waals surface area contributed by atoms with E-state index in [1.165, 1.54) is 0 Å². The largest absolute Gasteiger partial charge is 0.490 e. The van der Waals surface area contributed by atoms with Gasteiger partial charge in [0, 0.05) is 66.6 Å². The normalized spacial score (nSPS) is 17.9. The standard InChI is InChI=1S/C32H36ClNO5/c1-3-38-29-19-22(13-16-28(29)39-20-21-11-14-23(33)15-12-21)30-31-24(7-4-9-26(31)35)34(17-6-18-37-2)25-8-5-10-27(36)32(25)30/h11-16,19,30H,3-10,17-18,20H2,1-2H3. The van der Waals surface area contributed by atoms with Gasteiger partial charge >= 0.3 is 0 Å². The number of Topliss-reactive ketones (excluding diaryl/α,β-unsaturated/α-hetero) is 2. The smallest absolute Gasteiger partial charge is 0.161 e. The zero-order valence-corrected chi connectivity index (χ0v) is 23.5. The number of hydrogen-bond donors (Lipinski definition) is 0. The van der Waals surface area contributed by atoms with Gasteiger partial charge in [-0.1, -0.05) is 29.8 Å². The third-order valence-corrected chi connectivity index (χ3v) is 7.98. The number of benzene rings is 2. The summed E-state index contributed by atoms with van der Waals surface area (Å²) in [7, 11) is 1.70. The molecule has 1 heterocycles. The summed E-state index contributed by atoms with van der Waals surface area (Å²) < 4.78 is 17.5. The Morgan fingerprint density at radius 1 is 0.872 bits per heavy atom. The van der Waals surface area contributed by atoms with Crippen LogP contribution >= 0.6 is 11.6 Å². The summed E-state index contributed by atoms with van der Waals surface area (Å²) in [5.74, 6) is 1.15. The zero-order chi connectivity index (χ0) is 27.4. The van der Waals surface area contributed by atoms with Gasteiger partial charge in [0.05, 0.1) is 6.61 Å². The van der Waals surface area contributed by atoms with E-state index in [9.17, 15) is 9.59 Å². The van der Waals surface area contributed by atoms with Crippen molar-refractivity contribution in [2.45, 2.75) is 64.4 Å². The van der Waals surface area contributed by atoms with Crippen LogP contribution in [0.25, 0.3) is 0 Å². The van der Waals surface area contributed by atoms with Crippen molar-refractivity contribution in [2.24, 2.45) is 0 Å². The topological polar surface area (TPSA) is 65.1 Å². The molecular formula is C32H36ClNO5. The second-order valence-electron chi connectivity index (χ2n) is 10.3. The predicted octanol–water partition coefficient (Wildman–Crippen LogP) is 6.77. The van der Waals surface area contributed by atoms with Crippen LogP contribution in [0.4, 0.5) is 0 Å². The van der Waals surface area contributed by atoms with Gasteiger partial charge in [0.1, 0.15) is 6.61 Å². The predicted molar refractivity (Wildman–Crippen MR) is 151 cm³/mol. The van der Waals surface area contributed by atoms with Gasteiger partial charge in [-0.05, 0) is 74.4 Å². The van der Waals surface area contributed by atoms with E-state index in [1.807, 2.05) is 49.4 Å². The van der Waals surface area contributed by atoms with Gasteiger partial charge in [0.15, 0.2) is 23.1 Å². The van der Waals surface area contributed by atoms with E-state index in [4.69, 9.17) is 25.8 Å². The molecule has 0 unspecified atom stereocenters. The Hall–Kier alpha value is -3.09. The Morgan fingerprint density at radius 2 is 1.54 bits per heavy atom. The summed E-state index contributed by atoms with van der Waals surface area (Å²) in [6, 6.07) is 13.4. The Bertz CT molecular complexity index is 1250. The fourth-order valence-electron chi connectivity index (χ4n) is 6.02. The number of rotatable bonds is 10. The third kappa shape index (κ3) is 5.78. The molecule has 2 aromatic carbocycles. The van der Waals surface area contributed by atoms with Crippen LogP contribution in [0.5, 0.6) is 11.5 Å². The van der Waals surface area contributed by atoms with Gasteiger partial charge in [-0.15, -0.1) is 0 Å². The first-order valence-electron chi connectivity index (χ1n) is 13.9. The summed E-state index contributed by atoms with van der Waals surface area (Å²) in [5.41, 5.74) is 5.63. The average Bonchev–Trinajstić information content (AvgIpc) is 2.94. The number of halogens is 1. The summed E-state index contributed by atoms with van der Waals surface area (Å²) in [6.45, 7) is 4.17. The van der Waals surface area contributed by atoms with Gasteiger partial charge < -0.3 is 19.1 Å². The maximum atomic E-state index is 13.5. The van der Waals surface area contributed by atoms with Crippen LogP contribution in [0.3, 0.4) is 0 Å². The zero-order valence-electron chi connectivity index (χ0n) is 22.8. The molecule has 2 aromatic rings. The molecule has 0 bridgehead atoms. The fraction of sp³-hybridized carbons (Fsp3) is 0.438. The monoisotopic (exact) mass is 549 g/mol. The molecule has 39 heavy (non-hydrogen) atoms. The molecule has 2 aliphatic carbocycles. The number of methoxy groups -OCH3 is 1. The lowest BCUT2D eigenvalue weighted by Gasteiger charge is -2.44. The maximum absolute atomic E-state index is 13.5. The lowest BCUT2D eigenvalue weighted by Crippen LogP contribution is -2.39. The van der Waals surface area contributed by atoms with E-state index in [-0.39, 0.29) is 17.5 Å². The van der Waals surface area contributed by atoms with Crippen LogP contribution in [0.1, 0.15) is 68.9 Å². The highest BCUT2D eigenvalue weighted by Gasteiger charge is 2.43. The lowest BCUT2D eigenvalue weighted by molar-refractivity contribution is -0.117. The molecule has 7 heteroatoms. The van der Waals surface area contributed by atoms with Crippen molar-refractivity contribution in [3.63, 3.8) is 0 Å². The summed E-state index contributed by atoms with van der Waals surface area (Å²) in [5, 5.41) is 0.680. The summed E-state index contributed by atoms with van der Waals surface area (Å²) in [6.07, 6.45) is 5.22. The molecule has 0 spiro atoms. The van der Waals surface area contributed by atoms with Crippen molar-refractivity contribution in [3.8, 4) is 11.5 Å². The molecule has 0 atom stereocenters. The van der Waals surface area contributed by atoms with Gasteiger partial charge in [-0.2, -0.15) is 0 Å². The Balaban J connectivity index is 1.54. The molecule has 0 radical (unpaired) electrons. The van der Waals surface area contributed by atoms with Crippen molar-refractivity contribution < 1.29 is 23.8 Å². The molecule has 1 aliphatic heterocycles. The minimum Gasteiger partial charge on any atom is -0.490 e. The summed E-state index contributed by atoms with van der Waals surface area (Å²) >= 11 is 6.02. The van der Waals surface area contributed by atoms with Crippen LogP contribution in [0, 0.1) is 0 Å². The van der Waals surface area contributed by atoms with Crippen molar-refractivity contribution in [1.82, 2.24) is 4.90 Å². The van der Waals surface area contributed by atoms with E-state index in [1.54, 1.807) is 7.11 Å². The first kappa shape index (κ1) is 27.5. The molecule has 5 rings (SSSR count). The molecule has 6 nitrogen and oxygen atoms in total. The highest BCUT2D eigenvalue weighted by Crippen LogP contribution is 2.50. The Kier molecular flexibility index (Phi) is 8.73. The summed E-state index contributed by atoms with van der Waals surface area (Å²) in [4.78, 5) is 29.3. The van der Waals surface area contributed by atoms with E-state index < -0.39 is 0 Å². The number of nitrogens with zero attached hydrogens (tertiary/aromatic N) is 1. The van der Waals surface area contributed by atoms with Crippen LogP contribution < -0.4 is 9.47 Å². The molecule has 0 amide bonds. The molecule has 3 aliphatic rings. The van der Waals surface area contributed by atoms with Gasteiger partial charge in [-0.25, -0.2) is 0 Å². The molecule has 0 saturated carbocycles. The molecule has 0 fully saturated rings. The minimum absolute atomic E-state index is 0.143. The first-order valence-corrected chi connectivity index (χ1v) is 14.3. The number of allylic oxidation sites excluding steroid dienone is 4.